The Bertz CT molecular complexity index is 537. The number of hydrogen-bond acceptors (Lipinski definition) is 5. The maximum absolute atomic E-state index is 12.6. The molecule has 0 aliphatic carbocycles. The lowest BCUT2D eigenvalue weighted by atomic mass is 10.1. The normalized spacial score (nSPS) is 25.2. The van der Waals surface area contributed by atoms with Crippen molar-refractivity contribution >= 4 is 5.91 Å². The second kappa shape index (κ2) is 6.64. The third-order valence-electron chi connectivity index (χ3n) is 4.38. The molecular weight excluding hydrogens is 284 g/mol. The number of rotatable bonds is 4. The van der Waals surface area contributed by atoms with Crippen molar-refractivity contribution in [1.29, 1.82) is 0 Å². The quantitative estimate of drug-likeness (QED) is 0.881. The molecule has 120 valence electrons. The van der Waals surface area contributed by atoms with Gasteiger partial charge in [-0.3, -0.25) is 9.69 Å². The summed E-state index contributed by atoms with van der Waals surface area (Å²) < 4.78 is 11.0. The Labute approximate surface area is 130 Å². The van der Waals surface area contributed by atoms with Gasteiger partial charge >= 0.3 is 0 Å². The van der Waals surface area contributed by atoms with Crippen molar-refractivity contribution in [2.45, 2.75) is 12.1 Å². The van der Waals surface area contributed by atoms with Crippen LogP contribution in [0.25, 0.3) is 0 Å². The van der Waals surface area contributed by atoms with Crippen LogP contribution in [0.5, 0.6) is 5.75 Å². The van der Waals surface area contributed by atoms with Crippen molar-refractivity contribution in [3.63, 3.8) is 0 Å². The average molecular weight is 306 g/mol. The van der Waals surface area contributed by atoms with E-state index < -0.39 is 0 Å². The molecular formula is C16H22N2O4. The molecule has 1 amide bonds. The smallest absolute Gasteiger partial charge is 0.254 e. The maximum atomic E-state index is 12.6. The molecule has 0 radical (unpaired) electrons. The number of carbonyl (C=O) groups excluding carboxylic acids is 1. The third-order valence-corrected chi connectivity index (χ3v) is 4.38. The molecule has 0 unspecified atom stereocenters. The number of amides is 1. The summed E-state index contributed by atoms with van der Waals surface area (Å²) in [4.78, 5) is 16.7. The number of phenols is 1. The summed E-state index contributed by atoms with van der Waals surface area (Å²) >= 11 is 0. The second-order valence-electron chi connectivity index (χ2n) is 5.77. The zero-order valence-electron chi connectivity index (χ0n) is 12.8. The van der Waals surface area contributed by atoms with Crippen molar-refractivity contribution in [3.8, 4) is 5.75 Å². The molecule has 0 saturated carbocycles. The number of nitrogens with zero attached hydrogens (tertiary/aromatic N) is 2. The summed E-state index contributed by atoms with van der Waals surface area (Å²) in [5.74, 6) is 0.0565. The first-order valence-corrected chi connectivity index (χ1v) is 7.62. The zero-order chi connectivity index (χ0) is 15.5. The van der Waals surface area contributed by atoms with E-state index in [1.165, 1.54) is 6.07 Å². The van der Waals surface area contributed by atoms with Gasteiger partial charge in [0.15, 0.2) is 0 Å². The zero-order valence-corrected chi connectivity index (χ0v) is 12.8. The summed E-state index contributed by atoms with van der Waals surface area (Å²) in [6, 6.07) is 6.72. The topological polar surface area (TPSA) is 62.2 Å². The number of carbonyl (C=O) groups is 1. The van der Waals surface area contributed by atoms with E-state index in [0.29, 0.717) is 31.9 Å². The van der Waals surface area contributed by atoms with Gasteiger partial charge < -0.3 is 19.5 Å². The van der Waals surface area contributed by atoms with Crippen molar-refractivity contribution in [3.05, 3.63) is 29.8 Å². The molecule has 2 heterocycles. The van der Waals surface area contributed by atoms with Gasteiger partial charge in [-0.2, -0.15) is 0 Å². The van der Waals surface area contributed by atoms with Crippen LogP contribution in [0.4, 0.5) is 0 Å². The lowest BCUT2D eigenvalue weighted by Crippen LogP contribution is -2.51. The van der Waals surface area contributed by atoms with Crippen LogP contribution in [0.15, 0.2) is 24.3 Å². The highest BCUT2D eigenvalue weighted by atomic mass is 16.5. The largest absolute Gasteiger partial charge is 0.508 e. The Morgan fingerprint density at radius 2 is 2.32 bits per heavy atom. The Kier molecular flexibility index (Phi) is 4.61. The molecule has 2 saturated heterocycles. The number of fused-ring (bicyclic) bond motifs is 1. The first-order chi connectivity index (χ1) is 10.7. The van der Waals surface area contributed by atoms with Gasteiger partial charge in [0.05, 0.1) is 25.4 Å². The Morgan fingerprint density at radius 3 is 3.09 bits per heavy atom. The van der Waals surface area contributed by atoms with Crippen molar-refractivity contribution in [2.24, 2.45) is 0 Å². The van der Waals surface area contributed by atoms with Crippen LogP contribution in [0, 0.1) is 0 Å². The second-order valence-corrected chi connectivity index (χ2v) is 5.77. The van der Waals surface area contributed by atoms with Gasteiger partial charge in [0.1, 0.15) is 5.75 Å². The van der Waals surface area contributed by atoms with Crippen LogP contribution in [0.3, 0.4) is 0 Å². The van der Waals surface area contributed by atoms with E-state index in [9.17, 15) is 9.90 Å². The van der Waals surface area contributed by atoms with Crippen molar-refractivity contribution in [2.75, 3.05) is 46.5 Å². The van der Waals surface area contributed by atoms with Crippen LogP contribution in [-0.4, -0.2) is 79.5 Å². The first-order valence-electron chi connectivity index (χ1n) is 7.62. The van der Waals surface area contributed by atoms with E-state index in [2.05, 4.69) is 4.90 Å². The van der Waals surface area contributed by atoms with E-state index in [-0.39, 0.29) is 23.8 Å². The lowest BCUT2D eigenvalue weighted by molar-refractivity contribution is -0.0526. The van der Waals surface area contributed by atoms with Crippen molar-refractivity contribution in [1.82, 2.24) is 9.80 Å². The lowest BCUT2D eigenvalue weighted by Gasteiger charge is -2.36. The highest BCUT2D eigenvalue weighted by Crippen LogP contribution is 2.24. The minimum Gasteiger partial charge on any atom is -0.508 e. The number of benzene rings is 1. The number of phenolic OH excluding ortho intramolecular Hbond substituents is 1. The van der Waals surface area contributed by atoms with Crippen LogP contribution in [0.1, 0.15) is 10.4 Å². The predicted octanol–water partition coefficient (Wildman–Crippen LogP) is 0.564. The fraction of sp³-hybridized carbons (Fsp3) is 0.562. The van der Waals surface area contributed by atoms with Gasteiger partial charge in [-0.1, -0.05) is 6.07 Å². The molecule has 1 N–H and O–H groups in total. The molecule has 0 spiro atoms. The fourth-order valence-corrected chi connectivity index (χ4v) is 3.23. The molecule has 2 atom stereocenters. The summed E-state index contributed by atoms with van der Waals surface area (Å²) in [6.45, 7) is 4.36. The Morgan fingerprint density at radius 1 is 1.45 bits per heavy atom. The molecule has 6 nitrogen and oxygen atoms in total. The van der Waals surface area contributed by atoms with Gasteiger partial charge in [0, 0.05) is 38.9 Å². The van der Waals surface area contributed by atoms with E-state index in [1.807, 2.05) is 4.90 Å². The van der Waals surface area contributed by atoms with E-state index in [0.717, 1.165) is 13.1 Å². The minimum absolute atomic E-state index is 0.0550. The molecule has 1 aromatic rings. The molecule has 6 heteroatoms. The van der Waals surface area contributed by atoms with Crippen LogP contribution >= 0.6 is 0 Å². The number of aromatic hydroxyl groups is 1. The van der Waals surface area contributed by atoms with Gasteiger partial charge in [0.25, 0.3) is 5.91 Å². The number of likely N-dealkylation sites (tertiary alicyclic amines) is 1. The summed E-state index contributed by atoms with van der Waals surface area (Å²) in [5, 5.41) is 9.53. The molecule has 0 aromatic heterocycles. The number of morpholine rings is 1. The number of hydrogen-bond donors (Lipinski definition) is 1. The minimum atomic E-state index is -0.0550. The van der Waals surface area contributed by atoms with Crippen molar-refractivity contribution < 1.29 is 19.4 Å². The molecule has 0 bridgehead atoms. The molecule has 22 heavy (non-hydrogen) atoms. The molecule has 3 rings (SSSR count). The van der Waals surface area contributed by atoms with Crippen LogP contribution in [0.2, 0.25) is 0 Å². The Balaban J connectivity index is 1.69. The van der Waals surface area contributed by atoms with E-state index in [1.54, 1.807) is 25.3 Å². The predicted molar refractivity (Wildman–Crippen MR) is 81.0 cm³/mol. The van der Waals surface area contributed by atoms with Crippen LogP contribution in [-0.2, 0) is 9.47 Å². The third kappa shape index (κ3) is 3.09. The number of ether oxygens (including phenoxy) is 2. The van der Waals surface area contributed by atoms with Crippen LogP contribution < -0.4 is 0 Å². The van der Waals surface area contributed by atoms with Gasteiger partial charge in [-0.05, 0) is 18.2 Å². The molecule has 2 fully saturated rings. The van der Waals surface area contributed by atoms with E-state index in [4.69, 9.17) is 9.47 Å². The SMILES string of the molecule is COCCN1CCO[C@H]2CN(C(=O)c3cccc(O)c3)C[C@H]21. The molecule has 2 aliphatic rings. The summed E-state index contributed by atoms with van der Waals surface area (Å²) in [7, 11) is 1.70. The summed E-state index contributed by atoms with van der Waals surface area (Å²) in [6.07, 6.45) is 0.0619. The molecule has 2 aliphatic heterocycles. The fourth-order valence-electron chi connectivity index (χ4n) is 3.23. The monoisotopic (exact) mass is 306 g/mol. The van der Waals surface area contributed by atoms with Gasteiger partial charge in [-0.25, -0.2) is 0 Å². The van der Waals surface area contributed by atoms with Gasteiger partial charge in [-0.15, -0.1) is 0 Å². The standard InChI is InChI=1S/C16H22N2O4/c1-21-7-5-17-6-8-22-15-11-18(10-14(15)17)16(20)12-3-2-4-13(19)9-12/h2-4,9,14-15,19H,5-8,10-11H2,1H3/t14-,15+/m1/s1. The summed E-state index contributed by atoms with van der Waals surface area (Å²) in [5.41, 5.74) is 0.516. The molecule has 1 aromatic carbocycles. The maximum Gasteiger partial charge on any atom is 0.254 e. The average Bonchev–Trinajstić information content (AvgIpc) is 2.96. The first kappa shape index (κ1) is 15.3. The number of methoxy groups -OCH3 is 1. The highest BCUT2D eigenvalue weighted by molar-refractivity contribution is 5.94. The van der Waals surface area contributed by atoms with Gasteiger partial charge in [0.2, 0.25) is 0 Å². The Hall–Kier alpha value is -1.63. The highest BCUT2D eigenvalue weighted by Gasteiger charge is 2.41. The van der Waals surface area contributed by atoms with E-state index >= 15 is 0 Å².